The van der Waals surface area contributed by atoms with Crippen LogP contribution < -0.4 is 5.32 Å². The Bertz CT molecular complexity index is 757. The van der Waals surface area contributed by atoms with Gasteiger partial charge in [0.15, 0.2) is 0 Å². The summed E-state index contributed by atoms with van der Waals surface area (Å²) in [4.78, 5) is 30.4. The first-order valence-corrected chi connectivity index (χ1v) is 8.39. The second-order valence-electron chi connectivity index (χ2n) is 5.85. The zero-order valence-corrected chi connectivity index (χ0v) is 14.2. The molecular formula is C18H17ClFN3O2. The second kappa shape index (κ2) is 7.61. The first-order chi connectivity index (χ1) is 12.1. The van der Waals surface area contributed by atoms with Crippen LogP contribution in [0.3, 0.4) is 0 Å². The summed E-state index contributed by atoms with van der Waals surface area (Å²) < 4.78 is 13.8. The molecule has 1 N–H and O–H groups in total. The number of benzene rings is 1. The molecule has 7 heteroatoms. The number of nitrogens with one attached hydrogen (secondary N) is 1. The number of aromatic nitrogens is 1. The highest BCUT2D eigenvalue weighted by atomic mass is 35.5. The fourth-order valence-electron chi connectivity index (χ4n) is 2.85. The van der Waals surface area contributed by atoms with Gasteiger partial charge < -0.3 is 10.2 Å². The maximum Gasteiger partial charge on any atom is 0.272 e. The summed E-state index contributed by atoms with van der Waals surface area (Å²) in [6.07, 6.45) is 2.77. The largest absolute Gasteiger partial charge is 0.349 e. The Balaban J connectivity index is 1.58. The van der Waals surface area contributed by atoms with Crippen molar-refractivity contribution in [2.24, 2.45) is 0 Å². The third-order valence-electron chi connectivity index (χ3n) is 4.19. The second-order valence-corrected chi connectivity index (χ2v) is 6.26. The molecule has 0 radical (unpaired) electrons. The number of carbonyl (C=O) groups excluding carboxylic acids is 2. The molecule has 0 saturated carbocycles. The number of carbonyl (C=O) groups is 2. The van der Waals surface area contributed by atoms with E-state index in [0.29, 0.717) is 31.6 Å². The lowest BCUT2D eigenvalue weighted by Crippen LogP contribution is -2.46. The van der Waals surface area contributed by atoms with Gasteiger partial charge in [-0.3, -0.25) is 14.6 Å². The van der Waals surface area contributed by atoms with Gasteiger partial charge in [-0.2, -0.15) is 0 Å². The van der Waals surface area contributed by atoms with E-state index in [1.165, 1.54) is 18.2 Å². The quantitative estimate of drug-likeness (QED) is 0.914. The normalized spacial score (nSPS) is 15.0. The molecule has 25 heavy (non-hydrogen) atoms. The lowest BCUT2D eigenvalue weighted by atomic mass is 10.0. The Labute approximate surface area is 149 Å². The molecule has 0 spiro atoms. The van der Waals surface area contributed by atoms with E-state index in [1.807, 2.05) is 0 Å². The van der Waals surface area contributed by atoms with E-state index in [9.17, 15) is 14.0 Å². The molecule has 0 unspecified atom stereocenters. The molecule has 1 aromatic heterocycles. The fraction of sp³-hybridized carbons (Fsp3) is 0.278. The molecule has 5 nitrogen and oxygen atoms in total. The van der Waals surface area contributed by atoms with E-state index < -0.39 is 11.7 Å². The minimum absolute atomic E-state index is 0.0836. The maximum atomic E-state index is 13.8. The SMILES string of the molecule is O=C(NC1CCN(C(=O)c2ccccn2)CC1)c1c(F)cccc1Cl. The number of nitrogens with zero attached hydrogens (tertiary/aromatic N) is 2. The average Bonchev–Trinajstić information content (AvgIpc) is 2.62. The van der Waals surface area contributed by atoms with Crippen LogP contribution >= 0.6 is 11.6 Å². The molecule has 0 atom stereocenters. The Kier molecular flexibility index (Phi) is 5.28. The maximum absolute atomic E-state index is 13.8. The standard InChI is InChI=1S/C18H17ClFN3O2/c19-13-4-3-5-14(20)16(13)17(24)22-12-7-10-23(11-8-12)18(25)15-6-1-2-9-21-15/h1-6,9,12H,7-8,10-11H2,(H,22,24). The van der Waals surface area contributed by atoms with Crippen LogP contribution in [-0.4, -0.2) is 40.8 Å². The summed E-state index contributed by atoms with van der Waals surface area (Å²) in [6, 6.07) is 9.21. The van der Waals surface area contributed by atoms with Gasteiger partial charge >= 0.3 is 0 Å². The molecule has 2 aromatic rings. The predicted molar refractivity (Wildman–Crippen MR) is 92.0 cm³/mol. The molecule has 1 saturated heterocycles. The van der Waals surface area contributed by atoms with Gasteiger partial charge in [0.05, 0.1) is 10.6 Å². The Morgan fingerprint density at radius 2 is 1.92 bits per heavy atom. The van der Waals surface area contributed by atoms with Crippen molar-refractivity contribution in [1.29, 1.82) is 0 Å². The zero-order chi connectivity index (χ0) is 17.8. The zero-order valence-electron chi connectivity index (χ0n) is 13.4. The molecule has 3 rings (SSSR count). The third kappa shape index (κ3) is 3.96. The van der Waals surface area contributed by atoms with Gasteiger partial charge in [-0.05, 0) is 37.1 Å². The lowest BCUT2D eigenvalue weighted by Gasteiger charge is -2.32. The van der Waals surface area contributed by atoms with Crippen molar-refractivity contribution < 1.29 is 14.0 Å². The molecule has 2 amide bonds. The van der Waals surface area contributed by atoms with Crippen molar-refractivity contribution in [1.82, 2.24) is 15.2 Å². The summed E-state index contributed by atoms with van der Waals surface area (Å²) in [7, 11) is 0. The number of piperidine rings is 1. The summed E-state index contributed by atoms with van der Waals surface area (Å²) >= 11 is 5.91. The molecule has 1 aromatic carbocycles. The molecule has 130 valence electrons. The first kappa shape index (κ1) is 17.4. The molecule has 1 aliphatic rings. The van der Waals surface area contributed by atoms with E-state index >= 15 is 0 Å². The van der Waals surface area contributed by atoms with E-state index in [1.54, 1.807) is 29.3 Å². The molecular weight excluding hydrogens is 345 g/mol. The summed E-state index contributed by atoms with van der Waals surface area (Å²) in [5.74, 6) is -1.30. The Morgan fingerprint density at radius 1 is 1.16 bits per heavy atom. The van der Waals surface area contributed by atoms with Crippen molar-refractivity contribution in [2.75, 3.05) is 13.1 Å². The van der Waals surface area contributed by atoms with Crippen molar-refractivity contribution in [2.45, 2.75) is 18.9 Å². The van der Waals surface area contributed by atoms with Crippen molar-refractivity contribution >= 4 is 23.4 Å². The summed E-state index contributed by atoms with van der Waals surface area (Å²) in [5.41, 5.74) is 0.263. The molecule has 1 aliphatic heterocycles. The Morgan fingerprint density at radius 3 is 2.56 bits per heavy atom. The summed E-state index contributed by atoms with van der Waals surface area (Å²) in [5, 5.41) is 2.88. The van der Waals surface area contributed by atoms with Crippen LogP contribution in [0.5, 0.6) is 0 Å². The van der Waals surface area contributed by atoms with Crippen LogP contribution in [0, 0.1) is 5.82 Å². The number of likely N-dealkylation sites (tertiary alicyclic amines) is 1. The smallest absolute Gasteiger partial charge is 0.272 e. The number of hydrogen-bond donors (Lipinski definition) is 1. The molecule has 2 heterocycles. The third-order valence-corrected chi connectivity index (χ3v) is 4.51. The van der Waals surface area contributed by atoms with Crippen LogP contribution in [0.4, 0.5) is 4.39 Å². The van der Waals surface area contributed by atoms with Crippen LogP contribution in [0.1, 0.15) is 33.7 Å². The monoisotopic (exact) mass is 361 g/mol. The van der Waals surface area contributed by atoms with E-state index in [2.05, 4.69) is 10.3 Å². The number of halogens is 2. The predicted octanol–water partition coefficient (Wildman–Crippen LogP) is 2.91. The van der Waals surface area contributed by atoms with Gasteiger partial charge in [0.1, 0.15) is 11.5 Å². The average molecular weight is 362 g/mol. The van der Waals surface area contributed by atoms with Crippen LogP contribution in [-0.2, 0) is 0 Å². The molecule has 0 aliphatic carbocycles. The van der Waals surface area contributed by atoms with E-state index in [4.69, 9.17) is 11.6 Å². The minimum atomic E-state index is -0.646. The van der Waals surface area contributed by atoms with Gasteiger partial charge in [-0.25, -0.2) is 4.39 Å². The van der Waals surface area contributed by atoms with Crippen molar-refractivity contribution in [3.8, 4) is 0 Å². The molecule has 1 fully saturated rings. The van der Waals surface area contributed by atoms with Crippen LogP contribution in [0.2, 0.25) is 5.02 Å². The van der Waals surface area contributed by atoms with Crippen LogP contribution in [0.25, 0.3) is 0 Å². The lowest BCUT2D eigenvalue weighted by molar-refractivity contribution is 0.0692. The highest BCUT2D eigenvalue weighted by Crippen LogP contribution is 2.20. The van der Waals surface area contributed by atoms with Gasteiger partial charge in [-0.1, -0.05) is 23.7 Å². The Hall–Kier alpha value is -2.47. The van der Waals surface area contributed by atoms with Crippen LogP contribution in [0.15, 0.2) is 42.6 Å². The van der Waals surface area contributed by atoms with Crippen molar-refractivity contribution in [3.05, 3.63) is 64.7 Å². The summed E-state index contributed by atoms with van der Waals surface area (Å²) in [6.45, 7) is 1.01. The number of amides is 2. The van der Waals surface area contributed by atoms with Gasteiger partial charge in [0, 0.05) is 25.3 Å². The van der Waals surface area contributed by atoms with E-state index in [0.717, 1.165) is 0 Å². The topological polar surface area (TPSA) is 62.3 Å². The van der Waals surface area contributed by atoms with Gasteiger partial charge in [0.2, 0.25) is 0 Å². The molecule has 0 bridgehead atoms. The van der Waals surface area contributed by atoms with Gasteiger partial charge in [-0.15, -0.1) is 0 Å². The number of rotatable bonds is 3. The highest BCUT2D eigenvalue weighted by molar-refractivity contribution is 6.33. The fourth-order valence-corrected chi connectivity index (χ4v) is 3.10. The number of pyridine rings is 1. The number of hydrogen-bond acceptors (Lipinski definition) is 3. The minimum Gasteiger partial charge on any atom is -0.349 e. The highest BCUT2D eigenvalue weighted by Gasteiger charge is 2.26. The first-order valence-electron chi connectivity index (χ1n) is 8.01. The van der Waals surface area contributed by atoms with E-state index in [-0.39, 0.29) is 22.5 Å². The van der Waals surface area contributed by atoms with Crippen molar-refractivity contribution in [3.63, 3.8) is 0 Å². The van der Waals surface area contributed by atoms with Gasteiger partial charge in [0.25, 0.3) is 11.8 Å².